The van der Waals surface area contributed by atoms with Crippen LogP contribution in [0.15, 0.2) is 30.1 Å². The third-order valence-corrected chi connectivity index (χ3v) is 3.58. The highest BCUT2D eigenvalue weighted by molar-refractivity contribution is 5.96. The molecular weight excluding hydrogens is 271 g/mol. The molecule has 0 aromatic heterocycles. The van der Waals surface area contributed by atoms with Crippen LogP contribution in [0, 0.1) is 0 Å². The van der Waals surface area contributed by atoms with Gasteiger partial charge >= 0.3 is 0 Å². The molecule has 0 fully saturated rings. The Hall–Kier alpha value is -1.88. The number of benzene rings is 1. The lowest BCUT2D eigenvalue weighted by Crippen LogP contribution is -2.37. The van der Waals surface area contributed by atoms with Crippen LogP contribution in [0.4, 0.5) is 4.39 Å². The van der Waals surface area contributed by atoms with E-state index in [2.05, 4.69) is 6.92 Å². The summed E-state index contributed by atoms with van der Waals surface area (Å²) < 4.78 is 17.9. The smallest absolute Gasteiger partial charge is 0.254 e. The third-order valence-electron chi connectivity index (χ3n) is 3.58. The summed E-state index contributed by atoms with van der Waals surface area (Å²) in [6.45, 7) is 3.85. The van der Waals surface area contributed by atoms with Crippen molar-refractivity contribution >= 4 is 5.91 Å². The monoisotopic (exact) mass is 292 g/mol. The van der Waals surface area contributed by atoms with Gasteiger partial charge in [0.05, 0.1) is 6.33 Å². The van der Waals surface area contributed by atoms with E-state index in [4.69, 9.17) is 10.5 Å². The van der Waals surface area contributed by atoms with E-state index in [1.165, 1.54) is 0 Å². The number of rotatable bonds is 6. The van der Waals surface area contributed by atoms with Crippen LogP contribution in [-0.4, -0.2) is 37.0 Å². The van der Waals surface area contributed by atoms with Crippen molar-refractivity contribution in [2.24, 2.45) is 5.73 Å². The number of halogens is 1. The minimum atomic E-state index is 0.0796. The molecule has 0 aliphatic carbocycles. The van der Waals surface area contributed by atoms with Gasteiger partial charge in [-0.1, -0.05) is 6.92 Å². The number of nitrogens with zero attached hydrogens (tertiary/aromatic N) is 1. The van der Waals surface area contributed by atoms with Gasteiger partial charge in [-0.2, -0.15) is 0 Å². The zero-order valence-corrected chi connectivity index (χ0v) is 12.3. The van der Waals surface area contributed by atoms with E-state index in [9.17, 15) is 9.18 Å². The molecule has 0 bridgehead atoms. The molecule has 4 nitrogen and oxygen atoms in total. The predicted molar refractivity (Wildman–Crippen MR) is 80.1 cm³/mol. The minimum absolute atomic E-state index is 0.0796. The van der Waals surface area contributed by atoms with E-state index in [0.29, 0.717) is 17.7 Å². The number of carbonyl (C=O) groups excluding carboxylic acids is 1. The number of nitrogens with two attached hydrogens (primary N) is 1. The Labute approximate surface area is 124 Å². The first-order valence-electron chi connectivity index (χ1n) is 7.22. The van der Waals surface area contributed by atoms with Crippen LogP contribution < -0.4 is 10.5 Å². The molecule has 0 atom stereocenters. The molecule has 0 unspecified atom stereocenters. The van der Waals surface area contributed by atoms with E-state index in [1.54, 1.807) is 12.1 Å². The molecule has 21 heavy (non-hydrogen) atoms. The number of hydrogen-bond acceptors (Lipinski definition) is 3. The Morgan fingerprint density at radius 3 is 3.00 bits per heavy atom. The van der Waals surface area contributed by atoms with Gasteiger partial charge in [0.2, 0.25) is 0 Å². The van der Waals surface area contributed by atoms with Crippen LogP contribution in [-0.2, 0) is 6.42 Å². The van der Waals surface area contributed by atoms with Gasteiger partial charge in [0.1, 0.15) is 12.4 Å². The summed E-state index contributed by atoms with van der Waals surface area (Å²) >= 11 is 0. The van der Waals surface area contributed by atoms with E-state index >= 15 is 0 Å². The van der Waals surface area contributed by atoms with Gasteiger partial charge < -0.3 is 15.4 Å². The standard InChI is InChI=1S/C16H21FN2O2/c1-2-6-19-7-5-13-8-14(3-4-15(13)16(19)20)21-11-12(9-17)10-18/h3-4,8-9H,2,5-7,10-11,18H2,1H3/b12-9-. The average molecular weight is 292 g/mol. The van der Waals surface area contributed by atoms with Crippen molar-refractivity contribution in [1.29, 1.82) is 0 Å². The summed E-state index contributed by atoms with van der Waals surface area (Å²) in [5.41, 5.74) is 7.51. The molecule has 1 aliphatic heterocycles. The quantitative estimate of drug-likeness (QED) is 0.875. The van der Waals surface area contributed by atoms with E-state index < -0.39 is 0 Å². The van der Waals surface area contributed by atoms with Gasteiger partial charge in [0, 0.05) is 30.8 Å². The molecule has 2 rings (SSSR count). The van der Waals surface area contributed by atoms with Crippen molar-refractivity contribution in [3.05, 3.63) is 41.2 Å². The molecule has 1 aromatic carbocycles. The second kappa shape index (κ2) is 7.22. The lowest BCUT2D eigenvalue weighted by Gasteiger charge is -2.28. The molecule has 0 saturated carbocycles. The largest absolute Gasteiger partial charge is 0.489 e. The molecule has 0 saturated heterocycles. The molecular formula is C16H21FN2O2. The minimum Gasteiger partial charge on any atom is -0.489 e. The maximum atomic E-state index is 12.4. The van der Waals surface area contributed by atoms with Crippen LogP contribution in [0.25, 0.3) is 0 Å². The molecule has 114 valence electrons. The Morgan fingerprint density at radius 2 is 2.33 bits per heavy atom. The Bertz CT molecular complexity index is 543. The zero-order valence-electron chi connectivity index (χ0n) is 12.3. The lowest BCUT2D eigenvalue weighted by atomic mass is 9.98. The summed E-state index contributed by atoms with van der Waals surface area (Å²) in [4.78, 5) is 14.2. The van der Waals surface area contributed by atoms with Gasteiger partial charge in [-0.25, -0.2) is 4.39 Å². The first-order valence-corrected chi connectivity index (χ1v) is 7.22. The fourth-order valence-corrected chi connectivity index (χ4v) is 2.40. The van der Waals surface area contributed by atoms with Gasteiger partial charge in [-0.3, -0.25) is 4.79 Å². The number of ether oxygens (including phenoxy) is 1. The van der Waals surface area contributed by atoms with E-state index in [-0.39, 0.29) is 19.1 Å². The number of carbonyl (C=O) groups is 1. The number of amides is 1. The normalized spacial score (nSPS) is 15.1. The number of hydrogen-bond donors (Lipinski definition) is 1. The molecule has 1 aliphatic rings. The molecule has 0 spiro atoms. The van der Waals surface area contributed by atoms with Gasteiger partial charge in [0.25, 0.3) is 5.91 Å². The van der Waals surface area contributed by atoms with Crippen LogP contribution in [0.3, 0.4) is 0 Å². The van der Waals surface area contributed by atoms with Crippen molar-refractivity contribution in [1.82, 2.24) is 4.90 Å². The number of fused-ring (bicyclic) bond motifs is 1. The molecule has 1 aromatic rings. The first kappa shape index (κ1) is 15.5. The van der Waals surface area contributed by atoms with Crippen LogP contribution in [0.5, 0.6) is 5.75 Å². The van der Waals surface area contributed by atoms with Crippen molar-refractivity contribution in [3.8, 4) is 5.75 Å². The summed E-state index contributed by atoms with van der Waals surface area (Å²) in [5, 5.41) is 0. The Balaban J connectivity index is 2.09. The second-order valence-corrected chi connectivity index (χ2v) is 5.12. The Morgan fingerprint density at radius 1 is 1.52 bits per heavy atom. The highest BCUT2D eigenvalue weighted by Gasteiger charge is 2.23. The van der Waals surface area contributed by atoms with E-state index in [0.717, 1.165) is 37.1 Å². The van der Waals surface area contributed by atoms with E-state index in [1.807, 2.05) is 11.0 Å². The molecule has 1 amide bonds. The van der Waals surface area contributed by atoms with Crippen molar-refractivity contribution in [2.45, 2.75) is 19.8 Å². The zero-order chi connectivity index (χ0) is 15.2. The fraction of sp³-hybridized carbons (Fsp3) is 0.438. The molecule has 5 heteroatoms. The average Bonchev–Trinajstić information content (AvgIpc) is 2.51. The maximum Gasteiger partial charge on any atom is 0.254 e. The Kier molecular flexibility index (Phi) is 5.33. The van der Waals surface area contributed by atoms with Gasteiger partial charge in [0.15, 0.2) is 0 Å². The first-order chi connectivity index (χ1) is 10.2. The maximum absolute atomic E-state index is 12.4. The second-order valence-electron chi connectivity index (χ2n) is 5.12. The molecule has 1 heterocycles. The summed E-state index contributed by atoms with van der Waals surface area (Å²) in [6, 6.07) is 5.40. The molecule has 2 N–H and O–H groups in total. The lowest BCUT2D eigenvalue weighted by molar-refractivity contribution is 0.0740. The van der Waals surface area contributed by atoms with Gasteiger partial charge in [-0.15, -0.1) is 0 Å². The third kappa shape index (κ3) is 3.61. The summed E-state index contributed by atoms with van der Waals surface area (Å²) in [6.07, 6.45) is 2.26. The van der Waals surface area contributed by atoms with Gasteiger partial charge in [-0.05, 0) is 36.6 Å². The summed E-state index contributed by atoms with van der Waals surface area (Å²) in [7, 11) is 0. The van der Waals surface area contributed by atoms with Crippen molar-refractivity contribution < 1.29 is 13.9 Å². The topological polar surface area (TPSA) is 55.6 Å². The van der Waals surface area contributed by atoms with Crippen LogP contribution >= 0.6 is 0 Å². The SMILES string of the molecule is CCCN1CCc2cc(OC/C(=C\F)CN)ccc2C1=O. The van der Waals surface area contributed by atoms with Crippen LogP contribution in [0.2, 0.25) is 0 Å². The molecule has 0 radical (unpaired) electrons. The fourth-order valence-electron chi connectivity index (χ4n) is 2.40. The summed E-state index contributed by atoms with van der Waals surface area (Å²) in [5.74, 6) is 0.717. The van der Waals surface area contributed by atoms with Crippen LogP contribution in [0.1, 0.15) is 29.3 Å². The predicted octanol–water partition coefficient (Wildman–Crippen LogP) is 2.29. The van der Waals surface area contributed by atoms with Crippen molar-refractivity contribution in [3.63, 3.8) is 0 Å². The highest BCUT2D eigenvalue weighted by Crippen LogP contribution is 2.24. The van der Waals surface area contributed by atoms with Crippen molar-refractivity contribution in [2.75, 3.05) is 26.2 Å². The highest BCUT2D eigenvalue weighted by atomic mass is 19.1.